The maximum Gasteiger partial charge on any atom is 0.416 e. The van der Waals surface area contributed by atoms with Crippen molar-refractivity contribution < 1.29 is 22.4 Å². The summed E-state index contributed by atoms with van der Waals surface area (Å²) in [5, 5.41) is 0.317. The van der Waals surface area contributed by atoms with E-state index in [1.807, 2.05) is 0 Å². The number of halogens is 4. The number of aromatic nitrogens is 3. The Labute approximate surface area is 209 Å². The highest BCUT2D eigenvalue weighted by Gasteiger charge is 2.33. The molecule has 0 saturated heterocycles. The molecule has 4 rings (SSSR count). The molecular formula is C26H22F4N4OS. The molecule has 0 saturated carbocycles. The topological polar surface area (TPSA) is 51.0 Å². The van der Waals surface area contributed by atoms with Crippen molar-refractivity contribution in [3.63, 3.8) is 0 Å². The van der Waals surface area contributed by atoms with Crippen molar-refractivity contribution in [2.75, 3.05) is 7.05 Å². The molecule has 2 aromatic heterocycles. The molecule has 0 spiro atoms. The predicted molar refractivity (Wildman–Crippen MR) is 129 cm³/mol. The van der Waals surface area contributed by atoms with Crippen LogP contribution in [0.4, 0.5) is 17.6 Å². The summed E-state index contributed by atoms with van der Waals surface area (Å²) in [7, 11) is 1.64. The minimum atomic E-state index is -4.49. The van der Waals surface area contributed by atoms with Crippen LogP contribution >= 0.6 is 11.8 Å². The maximum absolute atomic E-state index is 13.6. The molecule has 1 amide bonds. The van der Waals surface area contributed by atoms with Gasteiger partial charge in [0.25, 0.3) is 5.91 Å². The minimum absolute atomic E-state index is 0.0186. The first-order chi connectivity index (χ1) is 17.1. The van der Waals surface area contributed by atoms with Gasteiger partial charge in [-0.25, -0.2) is 9.37 Å². The summed E-state index contributed by atoms with van der Waals surface area (Å²) < 4.78 is 55.8. The van der Waals surface area contributed by atoms with Gasteiger partial charge in [-0.1, -0.05) is 29.5 Å². The average molecular weight is 515 g/mol. The van der Waals surface area contributed by atoms with Crippen LogP contribution < -0.4 is 0 Å². The van der Waals surface area contributed by atoms with E-state index in [-0.39, 0.29) is 22.9 Å². The van der Waals surface area contributed by atoms with Crippen LogP contribution in [0, 0.1) is 12.7 Å². The molecular weight excluding hydrogens is 492 g/mol. The lowest BCUT2D eigenvalue weighted by atomic mass is 10.1. The molecule has 5 nitrogen and oxygen atoms in total. The van der Waals surface area contributed by atoms with Crippen LogP contribution in [0.1, 0.15) is 32.7 Å². The number of imidazole rings is 1. The number of rotatable bonds is 7. The van der Waals surface area contributed by atoms with Gasteiger partial charge < -0.3 is 4.90 Å². The lowest BCUT2D eigenvalue weighted by Crippen LogP contribution is -2.28. The third-order valence-electron chi connectivity index (χ3n) is 5.47. The molecule has 0 atom stereocenters. The van der Waals surface area contributed by atoms with Crippen molar-refractivity contribution in [2.24, 2.45) is 0 Å². The highest BCUT2D eigenvalue weighted by atomic mass is 32.2. The Kier molecular flexibility index (Phi) is 7.44. The van der Waals surface area contributed by atoms with E-state index in [4.69, 9.17) is 0 Å². The molecule has 2 aromatic carbocycles. The monoisotopic (exact) mass is 514 g/mol. The fourth-order valence-electron chi connectivity index (χ4n) is 3.72. The van der Waals surface area contributed by atoms with Gasteiger partial charge in [-0.05, 0) is 60.5 Å². The minimum Gasteiger partial charge on any atom is -0.336 e. The van der Waals surface area contributed by atoms with Crippen molar-refractivity contribution in [3.8, 4) is 5.69 Å². The van der Waals surface area contributed by atoms with Crippen LogP contribution in [0.3, 0.4) is 0 Å². The second-order valence-corrected chi connectivity index (χ2v) is 9.14. The molecule has 186 valence electrons. The Morgan fingerprint density at radius 2 is 1.75 bits per heavy atom. The number of amides is 1. The van der Waals surface area contributed by atoms with Gasteiger partial charge >= 0.3 is 6.18 Å². The summed E-state index contributed by atoms with van der Waals surface area (Å²) in [5.41, 5.74) is 1.66. The van der Waals surface area contributed by atoms with Crippen LogP contribution in [0.5, 0.6) is 0 Å². The third kappa shape index (κ3) is 5.76. The molecule has 4 aromatic rings. The lowest BCUT2D eigenvalue weighted by molar-refractivity contribution is -0.138. The van der Waals surface area contributed by atoms with Crippen LogP contribution in [0.2, 0.25) is 0 Å². The molecule has 0 aliphatic heterocycles. The van der Waals surface area contributed by atoms with Crippen molar-refractivity contribution in [3.05, 3.63) is 107 Å². The van der Waals surface area contributed by atoms with Crippen LogP contribution in [0.25, 0.3) is 5.69 Å². The Hall–Kier alpha value is -3.66. The van der Waals surface area contributed by atoms with Gasteiger partial charge in [0.2, 0.25) is 0 Å². The van der Waals surface area contributed by atoms with Crippen LogP contribution in [-0.2, 0) is 18.5 Å². The Bertz CT molecular complexity index is 1350. The van der Waals surface area contributed by atoms with Crippen molar-refractivity contribution in [1.82, 2.24) is 19.4 Å². The van der Waals surface area contributed by atoms with Crippen molar-refractivity contribution >= 4 is 17.7 Å². The quantitative estimate of drug-likeness (QED) is 0.215. The maximum atomic E-state index is 13.6. The summed E-state index contributed by atoms with van der Waals surface area (Å²) >= 11 is 1.07. The van der Waals surface area contributed by atoms with E-state index in [9.17, 15) is 22.4 Å². The van der Waals surface area contributed by atoms with E-state index in [2.05, 4.69) is 9.97 Å². The molecule has 0 aliphatic rings. The number of hydrogen-bond acceptors (Lipinski definition) is 4. The molecule has 0 N–H and O–H groups in total. The van der Waals surface area contributed by atoms with Crippen LogP contribution in [-0.4, -0.2) is 32.4 Å². The number of pyridine rings is 1. The summed E-state index contributed by atoms with van der Waals surface area (Å²) in [5.74, 6) is -0.817. The Morgan fingerprint density at radius 1 is 1.06 bits per heavy atom. The fraction of sp³-hybridized carbons (Fsp3) is 0.192. The van der Waals surface area contributed by atoms with Gasteiger partial charge in [-0.3, -0.25) is 14.3 Å². The number of carbonyl (C=O) groups excluding carboxylic acids is 1. The summed E-state index contributed by atoms with van der Waals surface area (Å²) in [6.07, 6.45) is 0.155. The second kappa shape index (κ2) is 10.5. The SMILES string of the molecule is Cc1ccc(C(F)(F)F)c(CSc2ncc(C(=O)N(C)Cc3ccncc3)n2-c2ccc(F)cc2)c1. The van der Waals surface area contributed by atoms with E-state index >= 15 is 0 Å². The predicted octanol–water partition coefficient (Wildman–Crippen LogP) is 6.30. The molecule has 0 radical (unpaired) electrons. The molecule has 0 aliphatic carbocycles. The number of alkyl halides is 3. The van der Waals surface area contributed by atoms with E-state index in [0.717, 1.165) is 23.4 Å². The standard InChI is InChI=1S/C26H22F4N4OS/c1-17-3-8-22(26(28,29)30)19(13-17)16-36-25-32-14-23(34(25)21-6-4-20(27)5-7-21)24(35)33(2)15-18-9-11-31-12-10-18/h3-14H,15-16H2,1-2H3. The van der Waals surface area contributed by atoms with Gasteiger partial charge in [0.15, 0.2) is 5.16 Å². The molecule has 10 heteroatoms. The van der Waals surface area contributed by atoms with Gasteiger partial charge in [-0.15, -0.1) is 0 Å². The number of hydrogen-bond donors (Lipinski definition) is 0. The number of carbonyl (C=O) groups is 1. The highest BCUT2D eigenvalue weighted by Crippen LogP contribution is 2.36. The number of nitrogens with zero attached hydrogens (tertiary/aromatic N) is 4. The third-order valence-corrected chi connectivity index (χ3v) is 6.47. The smallest absolute Gasteiger partial charge is 0.336 e. The highest BCUT2D eigenvalue weighted by molar-refractivity contribution is 7.98. The fourth-order valence-corrected chi connectivity index (χ4v) is 4.70. The first-order valence-electron chi connectivity index (χ1n) is 10.9. The second-order valence-electron chi connectivity index (χ2n) is 8.20. The van der Waals surface area contributed by atoms with E-state index < -0.39 is 17.6 Å². The molecule has 2 heterocycles. The number of aryl methyl sites for hydroxylation is 1. The zero-order valence-corrected chi connectivity index (χ0v) is 20.3. The molecule has 0 bridgehead atoms. The summed E-state index contributed by atoms with van der Waals surface area (Å²) in [4.78, 5) is 23.2. The number of thioether (sulfide) groups is 1. The normalized spacial score (nSPS) is 11.5. The van der Waals surface area contributed by atoms with E-state index in [1.54, 1.807) is 43.1 Å². The first kappa shape index (κ1) is 25.4. The first-order valence-corrected chi connectivity index (χ1v) is 11.9. The zero-order chi connectivity index (χ0) is 25.9. The Morgan fingerprint density at radius 3 is 2.42 bits per heavy atom. The van der Waals surface area contributed by atoms with E-state index in [1.165, 1.54) is 47.5 Å². The molecule has 0 fully saturated rings. The van der Waals surface area contributed by atoms with Gasteiger partial charge in [0.1, 0.15) is 11.5 Å². The van der Waals surface area contributed by atoms with Gasteiger partial charge in [-0.2, -0.15) is 13.2 Å². The molecule has 36 heavy (non-hydrogen) atoms. The summed E-state index contributed by atoms with van der Waals surface area (Å²) in [6.45, 7) is 2.04. The van der Waals surface area contributed by atoms with Gasteiger partial charge in [0.05, 0.1) is 11.8 Å². The van der Waals surface area contributed by atoms with E-state index in [0.29, 0.717) is 23.0 Å². The largest absolute Gasteiger partial charge is 0.416 e. The average Bonchev–Trinajstić information content (AvgIpc) is 3.26. The molecule has 0 unspecified atom stereocenters. The number of benzene rings is 2. The van der Waals surface area contributed by atoms with Crippen molar-refractivity contribution in [1.29, 1.82) is 0 Å². The Balaban J connectivity index is 1.67. The summed E-state index contributed by atoms with van der Waals surface area (Å²) in [6, 6.07) is 13.1. The van der Waals surface area contributed by atoms with Gasteiger partial charge in [0, 0.05) is 37.4 Å². The zero-order valence-electron chi connectivity index (χ0n) is 19.5. The van der Waals surface area contributed by atoms with Crippen molar-refractivity contribution in [2.45, 2.75) is 30.6 Å². The lowest BCUT2D eigenvalue weighted by Gasteiger charge is -2.19. The van der Waals surface area contributed by atoms with Crippen LogP contribution in [0.15, 0.2) is 78.3 Å².